The monoisotopic (exact) mass is 382 g/mol. The molecule has 3 unspecified atom stereocenters. The van der Waals surface area contributed by atoms with Gasteiger partial charge < -0.3 is 14.2 Å². The number of likely N-dealkylation sites (tertiary alicyclic amines) is 1. The van der Waals surface area contributed by atoms with Crippen LogP contribution in [0.2, 0.25) is 0 Å². The number of carbonyl (C=O) groups excluding carboxylic acids is 1. The van der Waals surface area contributed by atoms with Crippen LogP contribution in [-0.4, -0.2) is 89.8 Å². The van der Waals surface area contributed by atoms with Crippen molar-refractivity contribution in [2.45, 2.75) is 31.0 Å². The van der Waals surface area contributed by atoms with E-state index in [0.717, 1.165) is 63.3 Å². The van der Waals surface area contributed by atoms with Crippen LogP contribution in [0.25, 0.3) is 10.9 Å². The highest BCUT2D eigenvalue weighted by Crippen LogP contribution is 2.41. The van der Waals surface area contributed by atoms with E-state index in [9.17, 15) is 4.79 Å². The second-order valence-corrected chi connectivity index (χ2v) is 8.72. The number of hydrogen-bond donors (Lipinski definition) is 0. The summed E-state index contributed by atoms with van der Waals surface area (Å²) in [6, 6.07) is 9.08. The van der Waals surface area contributed by atoms with Gasteiger partial charge >= 0.3 is 0 Å². The van der Waals surface area contributed by atoms with Crippen molar-refractivity contribution >= 4 is 16.8 Å². The SMILES string of the molecule is O=C(c1onc2ccccc12)N1CC2CC(N3CCN(C4COC4)CC3)C1C2. The Bertz CT molecular complexity index is 887. The number of aromatic nitrogens is 1. The van der Waals surface area contributed by atoms with Crippen LogP contribution in [0.1, 0.15) is 23.4 Å². The summed E-state index contributed by atoms with van der Waals surface area (Å²) in [7, 11) is 0. The fourth-order valence-corrected chi connectivity index (χ4v) is 5.66. The fourth-order valence-electron chi connectivity index (χ4n) is 5.66. The van der Waals surface area contributed by atoms with Gasteiger partial charge in [-0.05, 0) is 30.9 Å². The van der Waals surface area contributed by atoms with Crippen LogP contribution >= 0.6 is 0 Å². The Balaban J connectivity index is 1.17. The van der Waals surface area contributed by atoms with Crippen LogP contribution in [0, 0.1) is 5.92 Å². The van der Waals surface area contributed by atoms with E-state index in [1.807, 2.05) is 24.3 Å². The molecule has 0 spiro atoms. The van der Waals surface area contributed by atoms with Gasteiger partial charge in [-0.3, -0.25) is 14.6 Å². The Morgan fingerprint density at radius 1 is 1.00 bits per heavy atom. The van der Waals surface area contributed by atoms with Gasteiger partial charge in [0.05, 0.1) is 24.6 Å². The van der Waals surface area contributed by atoms with Crippen molar-refractivity contribution in [1.82, 2.24) is 19.9 Å². The quantitative estimate of drug-likeness (QED) is 0.801. The van der Waals surface area contributed by atoms with E-state index in [2.05, 4.69) is 19.9 Å². The molecule has 3 saturated heterocycles. The van der Waals surface area contributed by atoms with Crippen molar-refractivity contribution in [1.29, 1.82) is 0 Å². The molecule has 1 aromatic heterocycles. The lowest BCUT2D eigenvalue weighted by molar-refractivity contribution is -0.0819. The summed E-state index contributed by atoms with van der Waals surface area (Å²) >= 11 is 0. The first kappa shape index (κ1) is 16.9. The number of piperazine rings is 1. The Hall–Kier alpha value is -1.96. The van der Waals surface area contributed by atoms with Gasteiger partial charge in [-0.2, -0.15) is 0 Å². The van der Waals surface area contributed by atoms with Crippen molar-refractivity contribution in [3.8, 4) is 0 Å². The third kappa shape index (κ3) is 2.60. The zero-order chi connectivity index (χ0) is 18.7. The Labute approximate surface area is 164 Å². The maximum atomic E-state index is 13.3. The molecule has 2 bridgehead atoms. The highest BCUT2D eigenvalue weighted by Gasteiger charge is 2.50. The molecule has 4 aliphatic rings. The van der Waals surface area contributed by atoms with Gasteiger partial charge in [0.1, 0.15) is 5.52 Å². The Kier molecular flexibility index (Phi) is 3.96. The lowest BCUT2D eigenvalue weighted by Crippen LogP contribution is -2.60. The molecule has 1 amide bonds. The number of carbonyl (C=O) groups is 1. The van der Waals surface area contributed by atoms with Gasteiger partial charge in [0.25, 0.3) is 5.91 Å². The third-order valence-corrected chi connectivity index (χ3v) is 7.24. The number of benzene rings is 1. The average Bonchev–Trinajstić information content (AvgIpc) is 3.40. The van der Waals surface area contributed by atoms with Crippen molar-refractivity contribution in [2.75, 3.05) is 45.9 Å². The Morgan fingerprint density at radius 2 is 1.75 bits per heavy atom. The number of piperidine rings is 1. The molecule has 7 heteroatoms. The second kappa shape index (κ2) is 6.54. The smallest absolute Gasteiger partial charge is 0.293 e. The van der Waals surface area contributed by atoms with Crippen LogP contribution < -0.4 is 0 Å². The standard InChI is InChI=1S/C21H26N4O3/c26-21(20-16-3-1-2-4-17(16)22-28-20)25-11-14-9-18(19(25)10-14)24-7-5-23(6-8-24)15-12-27-13-15/h1-4,14-15,18-19H,5-13H2. The van der Waals surface area contributed by atoms with E-state index >= 15 is 0 Å². The molecule has 1 saturated carbocycles. The molecule has 3 aliphatic heterocycles. The Morgan fingerprint density at radius 3 is 2.50 bits per heavy atom. The fraction of sp³-hybridized carbons (Fsp3) is 0.619. The van der Waals surface area contributed by atoms with Crippen molar-refractivity contribution < 1.29 is 14.1 Å². The van der Waals surface area contributed by atoms with E-state index in [-0.39, 0.29) is 5.91 Å². The summed E-state index contributed by atoms with van der Waals surface area (Å²) in [5.41, 5.74) is 0.753. The molecule has 2 aromatic rings. The van der Waals surface area contributed by atoms with Gasteiger partial charge in [0.2, 0.25) is 5.76 Å². The van der Waals surface area contributed by atoms with Crippen LogP contribution in [0.5, 0.6) is 0 Å². The number of ether oxygens (including phenoxy) is 1. The zero-order valence-corrected chi connectivity index (χ0v) is 16.0. The normalized spacial score (nSPS) is 31.6. The first-order valence-electron chi connectivity index (χ1n) is 10.5. The molecule has 0 N–H and O–H groups in total. The molecule has 4 fully saturated rings. The summed E-state index contributed by atoms with van der Waals surface area (Å²) in [5, 5.41) is 4.89. The van der Waals surface area contributed by atoms with Crippen LogP contribution in [0.3, 0.4) is 0 Å². The van der Waals surface area contributed by atoms with Crippen molar-refractivity contribution in [3.05, 3.63) is 30.0 Å². The highest BCUT2D eigenvalue weighted by atomic mass is 16.5. The lowest BCUT2D eigenvalue weighted by Gasteiger charge is -2.46. The highest BCUT2D eigenvalue weighted by molar-refractivity contribution is 6.03. The largest absolute Gasteiger partial charge is 0.378 e. The molecule has 3 atom stereocenters. The summed E-state index contributed by atoms with van der Waals surface area (Å²) < 4.78 is 10.8. The number of hydrogen-bond acceptors (Lipinski definition) is 6. The number of nitrogens with zero attached hydrogens (tertiary/aromatic N) is 4. The molecular weight excluding hydrogens is 356 g/mol. The van der Waals surface area contributed by atoms with Gasteiger partial charge in [-0.25, -0.2) is 0 Å². The zero-order valence-electron chi connectivity index (χ0n) is 16.0. The summed E-state index contributed by atoms with van der Waals surface area (Å²) in [5.74, 6) is 1.03. The van der Waals surface area contributed by atoms with E-state index < -0.39 is 0 Å². The predicted octanol–water partition coefficient (Wildman–Crippen LogP) is 1.45. The van der Waals surface area contributed by atoms with E-state index in [0.29, 0.717) is 29.8 Å². The minimum absolute atomic E-state index is 0.0103. The maximum Gasteiger partial charge on any atom is 0.293 e. The molecule has 0 radical (unpaired) electrons. The first-order chi connectivity index (χ1) is 13.8. The van der Waals surface area contributed by atoms with Gasteiger partial charge in [0, 0.05) is 44.8 Å². The van der Waals surface area contributed by atoms with E-state index in [1.54, 1.807) is 0 Å². The lowest BCUT2D eigenvalue weighted by atomic mass is 10.0. The van der Waals surface area contributed by atoms with Crippen LogP contribution in [0.4, 0.5) is 0 Å². The van der Waals surface area contributed by atoms with Crippen LogP contribution in [-0.2, 0) is 4.74 Å². The summed E-state index contributed by atoms with van der Waals surface area (Å²) in [6.07, 6.45) is 2.34. The van der Waals surface area contributed by atoms with E-state index in [1.165, 1.54) is 6.42 Å². The van der Waals surface area contributed by atoms with Crippen molar-refractivity contribution in [2.24, 2.45) is 5.92 Å². The van der Waals surface area contributed by atoms with Gasteiger partial charge in [0.15, 0.2) is 0 Å². The van der Waals surface area contributed by atoms with Gasteiger partial charge in [-0.1, -0.05) is 17.3 Å². The van der Waals surface area contributed by atoms with Gasteiger partial charge in [-0.15, -0.1) is 0 Å². The molecule has 7 nitrogen and oxygen atoms in total. The second-order valence-electron chi connectivity index (χ2n) is 8.72. The molecule has 148 valence electrons. The minimum atomic E-state index is 0.0103. The minimum Gasteiger partial charge on any atom is -0.378 e. The topological polar surface area (TPSA) is 62.1 Å². The first-order valence-corrected chi connectivity index (χ1v) is 10.5. The molecular formula is C21H26N4O3. The number of fused-ring (bicyclic) bond motifs is 3. The molecule has 28 heavy (non-hydrogen) atoms. The average molecular weight is 382 g/mol. The molecule has 1 aliphatic carbocycles. The van der Waals surface area contributed by atoms with E-state index in [4.69, 9.17) is 9.26 Å². The number of amides is 1. The number of rotatable bonds is 3. The molecule has 6 rings (SSSR count). The summed E-state index contributed by atoms with van der Waals surface area (Å²) in [4.78, 5) is 20.5. The summed E-state index contributed by atoms with van der Waals surface area (Å²) in [6.45, 7) is 7.05. The predicted molar refractivity (Wildman–Crippen MR) is 103 cm³/mol. The van der Waals surface area contributed by atoms with Crippen LogP contribution in [0.15, 0.2) is 28.8 Å². The van der Waals surface area contributed by atoms with Crippen molar-refractivity contribution in [3.63, 3.8) is 0 Å². The molecule has 1 aromatic carbocycles. The third-order valence-electron chi connectivity index (χ3n) is 7.24. The maximum absolute atomic E-state index is 13.3. The molecule has 4 heterocycles.